The van der Waals surface area contributed by atoms with E-state index in [-0.39, 0.29) is 19.1 Å². The second-order valence-electron chi connectivity index (χ2n) is 4.24. The molecule has 19 heavy (non-hydrogen) atoms. The van der Waals surface area contributed by atoms with Crippen molar-refractivity contribution in [3.8, 4) is 5.75 Å². The molecule has 1 aromatic carbocycles. The smallest absolute Gasteiger partial charge is 0.321 e. The van der Waals surface area contributed by atoms with Crippen LogP contribution in [0.4, 0.5) is 0 Å². The van der Waals surface area contributed by atoms with Gasteiger partial charge in [-0.15, -0.1) is 0 Å². The Morgan fingerprint density at radius 1 is 1.47 bits per heavy atom. The molecule has 1 heterocycles. The van der Waals surface area contributed by atoms with E-state index in [1.54, 1.807) is 26.2 Å². The van der Waals surface area contributed by atoms with Crippen LogP contribution in [0.2, 0.25) is 0 Å². The molecular weight excluding hydrogens is 248 g/mol. The van der Waals surface area contributed by atoms with Crippen LogP contribution in [0.1, 0.15) is 18.4 Å². The molecule has 0 amide bonds. The SMILES string of the molecule is CCOC(=O)[C@@H]1C(=O)OC[C@H]1c1cccc(OC)c1. The van der Waals surface area contributed by atoms with Crippen LogP contribution in [-0.4, -0.2) is 32.3 Å². The maximum Gasteiger partial charge on any atom is 0.321 e. The number of methoxy groups -OCH3 is 1. The van der Waals surface area contributed by atoms with E-state index in [2.05, 4.69) is 0 Å². The third-order valence-electron chi connectivity index (χ3n) is 3.12. The molecule has 0 N–H and O–H groups in total. The highest BCUT2D eigenvalue weighted by Gasteiger charge is 2.44. The van der Waals surface area contributed by atoms with Crippen molar-refractivity contribution in [3.05, 3.63) is 29.8 Å². The van der Waals surface area contributed by atoms with Crippen molar-refractivity contribution in [1.29, 1.82) is 0 Å². The lowest BCUT2D eigenvalue weighted by Gasteiger charge is -2.15. The molecule has 0 unspecified atom stereocenters. The van der Waals surface area contributed by atoms with Gasteiger partial charge in [0.15, 0.2) is 5.92 Å². The molecule has 0 aromatic heterocycles. The normalized spacial score (nSPS) is 21.9. The summed E-state index contributed by atoms with van der Waals surface area (Å²) in [5.41, 5.74) is 0.836. The molecule has 1 aromatic rings. The second-order valence-corrected chi connectivity index (χ2v) is 4.24. The van der Waals surface area contributed by atoms with Crippen LogP contribution >= 0.6 is 0 Å². The monoisotopic (exact) mass is 264 g/mol. The Morgan fingerprint density at radius 2 is 2.26 bits per heavy atom. The van der Waals surface area contributed by atoms with Crippen LogP contribution in [0.15, 0.2) is 24.3 Å². The largest absolute Gasteiger partial charge is 0.497 e. The molecule has 0 aliphatic carbocycles. The topological polar surface area (TPSA) is 61.8 Å². The van der Waals surface area contributed by atoms with Gasteiger partial charge in [0, 0.05) is 5.92 Å². The fourth-order valence-electron chi connectivity index (χ4n) is 2.18. The first-order valence-corrected chi connectivity index (χ1v) is 6.14. The zero-order valence-electron chi connectivity index (χ0n) is 10.9. The summed E-state index contributed by atoms with van der Waals surface area (Å²) >= 11 is 0. The average molecular weight is 264 g/mol. The number of rotatable bonds is 4. The predicted molar refractivity (Wildman–Crippen MR) is 66.8 cm³/mol. The van der Waals surface area contributed by atoms with Crippen molar-refractivity contribution in [3.63, 3.8) is 0 Å². The van der Waals surface area contributed by atoms with Crippen LogP contribution in [0.3, 0.4) is 0 Å². The Hall–Kier alpha value is -2.04. The van der Waals surface area contributed by atoms with Crippen LogP contribution in [-0.2, 0) is 19.1 Å². The van der Waals surface area contributed by atoms with Gasteiger partial charge in [0.05, 0.1) is 20.3 Å². The highest BCUT2D eigenvalue weighted by atomic mass is 16.6. The minimum absolute atomic E-state index is 0.190. The predicted octanol–water partition coefficient (Wildman–Crippen LogP) is 1.51. The first-order chi connectivity index (χ1) is 9.17. The second kappa shape index (κ2) is 5.73. The van der Waals surface area contributed by atoms with Gasteiger partial charge in [0.1, 0.15) is 5.75 Å². The van der Waals surface area contributed by atoms with Gasteiger partial charge in [-0.1, -0.05) is 12.1 Å². The fourth-order valence-corrected chi connectivity index (χ4v) is 2.18. The molecule has 1 fully saturated rings. The zero-order valence-corrected chi connectivity index (χ0v) is 10.9. The van der Waals surface area contributed by atoms with E-state index in [0.717, 1.165) is 5.56 Å². The van der Waals surface area contributed by atoms with E-state index in [1.165, 1.54) is 0 Å². The highest BCUT2D eigenvalue weighted by molar-refractivity contribution is 5.97. The summed E-state index contributed by atoms with van der Waals surface area (Å²) in [5.74, 6) is -1.57. The Morgan fingerprint density at radius 3 is 2.95 bits per heavy atom. The van der Waals surface area contributed by atoms with Gasteiger partial charge in [0.2, 0.25) is 0 Å². The molecule has 102 valence electrons. The molecule has 5 heteroatoms. The minimum Gasteiger partial charge on any atom is -0.497 e. The van der Waals surface area contributed by atoms with Gasteiger partial charge in [-0.05, 0) is 24.6 Å². The Balaban J connectivity index is 2.26. The number of ether oxygens (including phenoxy) is 3. The summed E-state index contributed by atoms with van der Waals surface area (Å²) in [4.78, 5) is 23.5. The summed E-state index contributed by atoms with van der Waals surface area (Å²) < 4.78 is 15.1. The zero-order chi connectivity index (χ0) is 13.8. The molecule has 1 aliphatic heterocycles. The maximum absolute atomic E-state index is 11.8. The first-order valence-electron chi connectivity index (χ1n) is 6.14. The van der Waals surface area contributed by atoms with Crippen molar-refractivity contribution < 1.29 is 23.8 Å². The number of benzene rings is 1. The van der Waals surface area contributed by atoms with Crippen molar-refractivity contribution in [2.75, 3.05) is 20.3 Å². The van der Waals surface area contributed by atoms with E-state index < -0.39 is 17.9 Å². The van der Waals surface area contributed by atoms with Crippen LogP contribution in [0.5, 0.6) is 5.75 Å². The average Bonchev–Trinajstić information content (AvgIpc) is 2.81. The van der Waals surface area contributed by atoms with Crippen molar-refractivity contribution >= 4 is 11.9 Å². The molecule has 5 nitrogen and oxygen atoms in total. The molecule has 1 aliphatic rings. The maximum atomic E-state index is 11.8. The number of hydrogen-bond donors (Lipinski definition) is 0. The Kier molecular flexibility index (Phi) is 4.04. The number of cyclic esters (lactones) is 1. The summed E-state index contributed by atoms with van der Waals surface area (Å²) in [6.07, 6.45) is 0. The molecule has 2 rings (SSSR count). The molecule has 0 spiro atoms. The van der Waals surface area contributed by atoms with Gasteiger partial charge in [-0.3, -0.25) is 9.59 Å². The standard InChI is InChI=1S/C14H16O5/c1-3-18-13(15)12-11(8-19-14(12)16)9-5-4-6-10(7-9)17-2/h4-7,11-12H,3,8H2,1-2H3/t11-,12+/m0/s1. The Bertz CT molecular complexity index is 482. The van der Waals surface area contributed by atoms with Crippen molar-refractivity contribution in [2.45, 2.75) is 12.8 Å². The van der Waals surface area contributed by atoms with Gasteiger partial charge in [0.25, 0.3) is 0 Å². The molecule has 0 bridgehead atoms. The van der Waals surface area contributed by atoms with Gasteiger partial charge >= 0.3 is 11.9 Å². The molecular formula is C14H16O5. The summed E-state index contributed by atoms with van der Waals surface area (Å²) in [5, 5.41) is 0. The van der Waals surface area contributed by atoms with Gasteiger partial charge < -0.3 is 14.2 Å². The molecule has 1 saturated heterocycles. The van der Waals surface area contributed by atoms with E-state index in [9.17, 15) is 9.59 Å². The fraction of sp³-hybridized carbons (Fsp3) is 0.429. The van der Waals surface area contributed by atoms with E-state index >= 15 is 0 Å². The minimum atomic E-state index is -0.882. The quantitative estimate of drug-likeness (QED) is 0.609. The lowest BCUT2D eigenvalue weighted by Crippen LogP contribution is -2.26. The van der Waals surface area contributed by atoms with Crippen LogP contribution in [0, 0.1) is 5.92 Å². The van der Waals surface area contributed by atoms with Crippen LogP contribution < -0.4 is 4.74 Å². The van der Waals surface area contributed by atoms with Crippen molar-refractivity contribution in [1.82, 2.24) is 0 Å². The molecule has 0 saturated carbocycles. The third-order valence-corrected chi connectivity index (χ3v) is 3.12. The number of carbonyl (C=O) groups excluding carboxylic acids is 2. The van der Waals surface area contributed by atoms with E-state index in [1.807, 2.05) is 12.1 Å². The number of esters is 2. The summed E-state index contributed by atoms with van der Waals surface area (Å²) in [7, 11) is 1.57. The first kappa shape index (κ1) is 13.4. The highest BCUT2D eigenvalue weighted by Crippen LogP contribution is 2.34. The summed E-state index contributed by atoms with van der Waals surface area (Å²) in [6.45, 7) is 2.14. The molecule has 0 radical (unpaired) electrons. The van der Waals surface area contributed by atoms with Gasteiger partial charge in [-0.25, -0.2) is 0 Å². The van der Waals surface area contributed by atoms with Gasteiger partial charge in [-0.2, -0.15) is 0 Å². The third kappa shape index (κ3) is 2.70. The molecule has 2 atom stereocenters. The lowest BCUT2D eigenvalue weighted by atomic mass is 9.88. The lowest BCUT2D eigenvalue weighted by molar-refractivity contribution is -0.155. The van der Waals surface area contributed by atoms with E-state index in [0.29, 0.717) is 5.75 Å². The van der Waals surface area contributed by atoms with Crippen LogP contribution in [0.25, 0.3) is 0 Å². The number of hydrogen-bond acceptors (Lipinski definition) is 5. The Labute approximate surface area is 111 Å². The summed E-state index contributed by atoms with van der Waals surface area (Å²) in [6, 6.07) is 7.28. The van der Waals surface area contributed by atoms with Crippen molar-refractivity contribution in [2.24, 2.45) is 5.92 Å². The number of carbonyl (C=O) groups is 2. The van der Waals surface area contributed by atoms with E-state index in [4.69, 9.17) is 14.2 Å².